The van der Waals surface area contributed by atoms with Crippen LogP contribution in [0.2, 0.25) is 0 Å². The minimum Gasteiger partial charge on any atom is -0.494 e. The predicted molar refractivity (Wildman–Crippen MR) is 62.8 cm³/mol. The maximum absolute atomic E-state index is 10.3. The molecule has 0 amide bonds. The van der Waals surface area contributed by atoms with Crippen molar-refractivity contribution in [3.8, 4) is 5.75 Å². The highest BCUT2D eigenvalue weighted by molar-refractivity contribution is 5.66. The largest absolute Gasteiger partial charge is 0.494 e. The minimum absolute atomic E-state index is 0.230. The molecule has 0 aliphatic heterocycles. The number of hydrogen-bond donors (Lipinski definition) is 1. The number of aryl methyl sites for hydroxylation is 1. The smallest absolute Gasteiger partial charge is 0.303 e. The summed E-state index contributed by atoms with van der Waals surface area (Å²) in [6.07, 6.45) is 2.72. The highest BCUT2D eigenvalue weighted by Gasteiger charge is 1.99. The molecular weight excluding hydrogens is 204 g/mol. The number of rotatable bonds is 7. The first-order valence-electron chi connectivity index (χ1n) is 5.66. The van der Waals surface area contributed by atoms with Gasteiger partial charge in [0, 0.05) is 6.42 Å². The molecule has 1 rings (SSSR count). The molecule has 0 saturated carbocycles. The van der Waals surface area contributed by atoms with Gasteiger partial charge in [-0.15, -0.1) is 0 Å². The van der Waals surface area contributed by atoms with E-state index in [0.29, 0.717) is 6.42 Å². The van der Waals surface area contributed by atoms with Gasteiger partial charge in [-0.2, -0.15) is 0 Å². The molecule has 16 heavy (non-hydrogen) atoms. The van der Waals surface area contributed by atoms with E-state index in [1.54, 1.807) is 0 Å². The van der Waals surface area contributed by atoms with Crippen LogP contribution in [0.5, 0.6) is 5.75 Å². The van der Waals surface area contributed by atoms with Crippen molar-refractivity contribution in [2.75, 3.05) is 6.61 Å². The van der Waals surface area contributed by atoms with Crippen molar-refractivity contribution < 1.29 is 14.6 Å². The summed E-state index contributed by atoms with van der Waals surface area (Å²) in [6, 6.07) is 7.86. The molecule has 1 aromatic carbocycles. The lowest BCUT2D eigenvalue weighted by molar-refractivity contribution is -0.137. The van der Waals surface area contributed by atoms with Crippen molar-refractivity contribution in [3.05, 3.63) is 29.8 Å². The van der Waals surface area contributed by atoms with Crippen LogP contribution in [0.15, 0.2) is 24.3 Å². The van der Waals surface area contributed by atoms with Gasteiger partial charge in [0.25, 0.3) is 0 Å². The van der Waals surface area contributed by atoms with E-state index in [2.05, 4.69) is 6.92 Å². The number of benzene rings is 1. The Morgan fingerprint density at radius 1 is 1.31 bits per heavy atom. The second-order valence-electron chi connectivity index (χ2n) is 3.74. The van der Waals surface area contributed by atoms with Crippen molar-refractivity contribution >= 4 is 5.97 Å². The van der Waals surface area contributed by atoms with E-state index in [-0.39, 0.29) is 6.42 Å². The van der Waals surface area contributed by atoms with E-state index < -0.39 is 5.97 Å². The van der Waals surface area contributed by atoms with E-state index >= 15 is 0 Å². The Bertz CT molecular complexity index is 316. The van der Waals surface area contributed by atoms with Gasteiger partial charge < -0.3 is 9.84 Å². The Balaban J connectivity index is 2.36. The van der Waals surface area contributed by atoms with Crippen LogP contribution >= 0.6 is 0 Å². The third kappa shape index (κ3) is 4.82. The first kappa shape index (κ1) is 12.6. The summed E-state index contributed by atoms with van der Waals surface area (Å²) >= 11 is 0. The Labute approximate surface area is 96.1 Å². The predicted octanol–water partition coefficient (Wildman–Crippen LogP) is 2.88. The summed E-state index contributed by atoms with van der Waals surface area (Å²) in [4.78, 5) is 10.3. The zero-order valence-electron chi connectivity index (χ0n) is 9.61. The number of aliphatic carboxylic acids is 1. The van der Waals surface area contributed by atoms with E-state index in [1.807, 2.05) is 24.3 Å². The van der Waals surface area contributed by atoms with Crippen molar-refractivity contribution in [3.63, 3.8) is 0 Å². The van der Waals surface area contributed by atoms with Gasteiger partial charge in [0.1, 0.15) is 5.75 Å². The summed E-state index contributed by atoms with van der Waals surface area (Å²) in [6.45, 7) is 2.80. The number of carboxylic acids is 1. The number of carbonyl (C=O) groups is 1. The van der Waals surface area contributed by atoms with Crippen LogP contribution in [0.4, 0.5) is 0 Å². The average molecular weight is 222 g/mol. The van der Waals surface area contributed by atoms with Gasteiger partial charge >= 0.3 is 5.97 Å². The molecule has 0 aliphatic rings. The second-order valence-corrected chi connectivity index (χ2v) is 3.74. The van der Waals surface area contributed by atoms with Gasteiger partial charge in [-0.25, -0.2) is 0 Å². The number of ether oxygens (including phenoxy) is 1. The van der Waals surface area contributed by atoms with E-state index in [4.69, 9.17) is 9.84 Å². The van der Waals surface area contributed by atoms with Crippen molar-refractivity contribution in [2.24, 2.45) is 0 Å². The lowest BCUT2D eigenvalue weighted by Crippen LogP contribution is -1.97. The molecule has 0 aliphatic carbocycles. The highest BCUT2D eigenvalue weighted by atomic mass is 16.5. The number of hydrogen-bond acceptors (Lipinski definition) is 2. The fourth-order valence-corrected chi connectivity index (χ4v) is 1.42. The Morgan fingerprint density at radius 3 is 2.56 bits per heavy atom. The van der Waals surface area contributed by atoms with Gasteiger partial charge in [-0.05, 0) is 37.0 Å². The Morgan fingerprint density at radius 2 is 2.00 bits per heavy atom. The van der Waals surface area contributed by atoms with Crippen molar-refractivity contribution in [1.29, 1.82) is 0 Å². The van der Waals surface area contributed by atoms with Gasteiger partial charge in [0.2, 0.25) is 0 Å². The summed E-state index contributed by atoms with van der Waals surface area (Å²) in [5.74, 6) is 0.145. The van der Waals surface area contributed by atoms with Gasteiger partial charge in [-0.1, -0.05) is 19.1 Å². The average Bonchev–Trinajstić information content (AvgIpc) is 2.27. The topological polar surface area (TPSA) is 46.5 Å². The van der Waals surface area contributed by atoms with Gasteiger partial charge in [0.05, 0.1) is 6.61 Å². The number of carboxylic acid groups (broad SMARTS) is 1. The quantitative estimate of drug-likeness (QED) is 0.771. The summed E-state index contributed by atoms with van der Waals surface area (Å²) in [5, 5.41) is 8.51. The first-order chi connectivity index (χ1) is 7.72. The first-order valence-corrected chi connectivity index (χ1v) is 5.66. The highest BCUT2D eigenvalue weighted by Crippen LogP contribution is 2.14. The van der Waals surface area contributed by atoms with Crippen LogP contribution in [0.1, 0.15) is 31.7 Å². The third-order valence-electron chi connectivity index (χ3n) is 2.25. The van der Waals surface area contributed by atoms with Crippen molar-refractivity contribution in [1.82, 2.24) is 0 Å². The molecule has 0 atom stereocenters. The van der Waals surface area contributed by atoms with E-state index in [9.17, 15) is 4.79 Å². The molecule has 1 aromatic rings. The van der Waals surface area contributed by atoms with Crippen LogP contribution in [0.25, 0.3) is 0 Å². The summed E-state index contributed by atoms with van der Waals surface area (Å²) in [7, 11) is 0. The van der Waals surface area contributed by atoms with Crippen LogP contribution in [-0.4, -0.2) is 17.7 Å². The lowest BCUT2D eigenvalue weighted by atomic mass is 10.1. The Hall–Kier alpha value is -1.51. The van der Waals surface area contributed by atoms with Crippen LogP contribution < -0.4 is 4.74 Å². The molecule has 1 N–H and O–H groups in total. The van der Waals surface area contributed by atoms with Crippen LogP contribution in [0.3, 0.4) is 0 Å². The third-order valence-corrected chi connectivity index (χ3v) is 2.25. The molecule has 88 valence electrons. The Kier molecular flexibility index (Phi) is 5.40. The fraction of sp³-hybridized carbons (Fsp3) is 0.462. The van der Waals surface area contributed by atoms with Crippen LogP contribution in [0, 0.1) is 0 Å². The molecule has 0 spiro atoms. The maximum atomic E-state index is 10.3. The molecule has 0 fully saturated rings. The minimum atomic E-state index is -0.733. The molecular formula is C13H18O3. The molecule has 0 unspecified atom stereocenters. The van der Waals surface area contributed by atoms with Gasteiger partial charge in [-0.3, -0.25) is 4.79 Å². The summed E-state index contributed by atoms with van der Waals surface area (Å²) in [5.41, 5.74) is 1.16. The second kappa shape index (κ2) is 6.88. The summed E-state index contributed by atoms with van der Waals surface area (Å²) < 4.78 is 5.46. The molecule has 3 nitrogen and oxygen atoms in total. The molecule has 0 radical (unpaired) electrons. The van der Waals surface area contributed by atoms with Gasteiger partial charge in [0.15, 0.2) is 0 Å². The normalized spacial score (nSPS) is 10.1. The lowest BCUT2D eigenvalue weighted by Gasteiger charge is -2.05. The van der Waals surface area contributed by atoms with E-state index in [0.717, 1.165) is 30.8 Å². The molecule has 0 saturated heterocycles. The monoisotopic (exact) mass is 222 g/mol. The van der Waals surface area contributed by atoms with Crippen molar-refractivity contribution in [2.45, 2.75) is 32.6 Å². The molecule has 0 heterocycles. The fourth-order valence-electron chi connectivity index (χ4n) is 1.42. The zero-order chi connectivity index (χ0) is 11.8. The molecule has 0 bridgehead atoms. The van der Waals surface area contributed by atoms with E-state index in [1.165, 1.54) is 0 Å². The molecule has 3 heteroatoms. The van der Waals surface area contributed by atoms with Crippen LogP contribution in [-0.2, 0) is 11.2 Å². The molecule has 0 aromatic heterocycles. The standard InChI is InChI=1S/C13H18O3/c1-2-10-16-12-8-6-11(7-9-12)4-3-5-13(14)15/h6-9H,2-5,10H2,1H3,(H,14,15). The SMILES string of the molecule is CCCOc1ccc(CCCC(=O)O)cc1. The zero-order valence-corrected chi connectivity index (χ0v) is 9.61. The maximum Gasteiger partial charge on any atom is 0.303 e.